The molecule has 29 heavy (non-hydrogen) atoms. The van der Waals surface area contributed by atoms with E-state index in [1.54, 1.807) is 4.68 Å². The summed E-state index contributed by atoms with van der Waals surface area (Å²) < 4.78 is 7.35. The highest BCUT2D eigenvalue weighted by atomic mass is 16.5. The van der Waals surface area contributed by atoms with Gasteiger partial charge in [-0.25, -0.2) is 14.6 Å². The number of aliphatic hydroxyl groups excluding tert-OH is 2. The minimum Gasteiger partial charge on any atom is -0.398 e. The van der Waals surface area contributed by atoms with Gasteiger partial charge in [0.25, 0.3) is 0 Å². The summed E-state index contributed by atoms with van der Waals surface area (Å²) >= 11 is 0. The van der Waals surface area contributed by atoms with E-state index in [1.807, 2.05) is 36.4 Å². The normalized spacial score (nSPS) is 21.9. The molecule has 4 aromatic rings. The van der Waals surface area contributed by atoms with E-state index in [4.69, 9.17) is 21.3 Å². The molecule has 1 aliphatic heterocycles. The molecule has 5 rings (SSSR count). The van der Waals surface area contributed by atoms with Crippen molar-refractivity contribution in [3.8, 4) is 11.3 Å². The molecule has 1 aliphatic rings. The summed E-state index contributed by atoms with van der Waals surface area (Å²) in [6.07, 6.45) is -0.420. The number of hydrogen-bond donors (Lipinski definition) is 4. The van der Waals surface area contributed by atoms with Gasteiger partial charge < -0.3 is 26.4 Å². The van der Waals surface area contributed by atoms with E-state index in [-0.39, 0.29) is 18.8 Å². The van der Waals surface area contributed by atoms with Crippen molar-refractivity contribution in [3.63, 3.8) is 0 Å². The lowest BCUT2D eigenvalue weighted by molar-refractivity contribution is -0.0469. The van der Waals surface area contributed by atoms with Crippen molar-refractivity contribution in [3.05, 3.63) is 42.7 Å². The van der Waals surface area contributed by atoms with Crippen LogP contribution in [0.1, 0.15) is 12.6 Å². The summed E-state index contributed by atoms with van der Waals surface area (Å²) in [5, 5.41) is 26.7. The van der Waals surface area contributed by atoms with Crippen molar-refractivity contribution in [1.82, 2.24) is 19.7 Å². The first-order valence-electron chi connectivity index (χ1n) is 9.29. The number of nitrogens with zero attached hydrogens (tertiary/aromatic N) is 4. The standard InChI is InChI=1S/C20H20N6O3/c21-17-11-4-2-1-3-10(11)5-6-12(17)18-16-19(22)23-9-24-20(16)26(25-18)15-7-13(28)14(8-27)29-15/h1-6,9,13-15,27-28H,7-8,21H2,(H2,22,23,24)/t13-,14+,15+/m0/s1. The molecule has 3 heterocycles. The van der Waals surface area contributed by atoms with Gasteiger partial charge in [0.1, 0.15) is 23.9 Å². The fraction of sp³-hybridized carbons (Fsp3) is 0.250. The predicted molar refractivity (Wildman–Crippen MR) is 109 cm³/mol. The minimum atomic E-state index is -0.794. The number of nitrogens with two attached hydrogens (primary N) is 2. The average Bonchev–Trinajstić information content (AvgIpc) is 3.30. The van der Waals surface area contributed by atoms with Gasteiger partial charge >= 0.3 is 0 Å². The van der Waals surface area contributed by atoms with Gasteiger partial charge in [0, 0.05) is 23.1 Å². The highest BCUT2D eigenvalue weighted by molar-refractivity contribution is 6.06. The van der Waals surface area contributed by atoms with Gasteiger partial charge in [0.2, 0.25) is 0 Å². The third-order valence-electron chi connectivity index (χ3n) is 5.40. The Balaban J connectivity index is 1.73. The molecule has 2 aromatic carbocycles. The molecular formula is C20H20N6O3. The molecule has 2 aromatic heterocycles. The summed E-state index contributed by atoms with van der Waals surface area (Å²) in [4.78, 5) is 8.46. The molecule has 0 saturated carbocycles. The second-order valence-electron chi connectivity index (χ2n) is 7.11. The summed E-state index contributed by atoms with van der Waals surface area (Å²) in [7, 11) is 0. The molecule has 3 atom stereocenters. The maximum Gasteiger partial charge on any atom is 0.166 e. The number of aromatic nitrogens is 4. The smallest absolute Gasteiger partial charge is 0.166 e. The maximum absolute atomic E-state index is 10.1. The number of aliphatic hydroxyl groups is 2. The summed E-state index contributed by atoms with van der Waals surface area (Å²) in [5.41, 5.74) is 15.0. The van der Waals surface area contributed by atoms with E-state index in [9.17, 15) is 10.2 Å². The quantitative estimate of drug-likeness (QED) is 0.383. The van der Waals surface area contributed by atoms with Crippen molar-refractivity contribution in [2.24, 2.45) is 0 Å². The molecule has 9 nitrogen and oxygen atoms in total. The SMILES string of the molecule is Nc1c(-c2nn([C@H]3C[C@H](O)[C@@H](CO)O3)c3ncnc(N)c23)ccc2ccccc12. The van der Waals surface area contributed by atoms with E-state index >= 15 is 0 Å². The second kappa shape index (κ2) is 6.66. The number of nitrogen functional groups attached to an aromatic ring is 2. The molecule has 148 valence electrons. The summed E-state index contributed by atoms with van der Waals surface area (Å²) in [5.74, 6) is 0.279. The lowest BCUT2D eigenvalue weighted by Crippen LogP contribution is -2.24. The van der Waals surface area contributed by atoms with Crippen LogP contribution in [-0.4, -0.2) is 48.8 Å². The van der Waals surface area contributed by atoms with Gasteiger partial charge in [-0.2, -0.15) is 5.10 Å². The summed E-state index contributed by atoms with van der Waals surface area (Å²) in [6, 6.07) is 11.7. The van der Waals surface area contributed by atoms with Gasteiger partial charge in [-0.05, 0) is 5.39 Å². The number of anilines is 2. The van der Waals surface area contributed by atoms with Crippen molar-refractivity contribution in [1.29, 1.82) is 0 Å². The highest BCUT2D eigenvalue weighted by Gasteiger charge is 2.36. The van der Waals surface area contributed by atoms with Crippen molar-refractivity contribution < 1.29 is 14.9 Å². The molecule has 1 fully saturated rings. The van der Waals surface area contributed by atoms with Crippen molar-refractivity contribution in [2.75, 3.05) is 18.1 Å². The van der Waals surface area contributed by atoms with Gasteiger partial charge in [-0.15, -0.1) is 0 Å². The largest absolute Gasteiger partial charge is 0.398 e. The van der Waals surface area contributed by atoms with Crippen LogP contribution in [0.15, 0.2) is 42.7 Å². The summed E-state index contributed by atoms with van der Waals surface area (Å²) in [6.45, 7) is -0.279. The van der Waals surface area contributed by atoms with Gasteiger partial charge in [0.05, 0.1) is 18.1 Å². The molecule has 0 radical (unpaired) electrons. The molecule has 6 N–H and O–H groups in total. The van der Waals surface area contributed by atoms with Gasteiger partial charge in [-0.3, -0.25) is 0 Å². The van der Waals surface area contributed by atoms with Crippen LogP contribution in [-0.2, 0) is 4.74 Å². The first kappa shape index (κ1) is 17.8. The van der Waals surface area contributed by atoms with E-state index in [0.717, 1.165) is 10.8 Å². The Morgan fingerprint density at radius 3 is 2.76 bits per heavy atom. The molecule has 0 spiro atoms. The van der Waals surface area contributed by atoms with Crippen LogP contribution in [0.5, 0.6) is 0 Å². The Morgan fingerprint density at radius 1 is 1.14 bits per heavy atom. The zero-order valence-electron chi connectivity index (χ0n) is 15.4. The Labute approximate surface area is 165 Å². The van der Waals surface area contributed by atoms with Gasteiger partial charge in [0.15, 0.2) is 11.9 Å². The lowest BCUT2D eigenvalue weighted by Gasteiger charge is -2.12. The molecule has 0 amide bonds. The lowest BCUT2D eigenvalue weighted by atomic mass is 10.0. The molecular weight excluding hydrogens is 372 g/mol. The fourth-order valence-corrected chi connectivity index (χ4v) is 3.92. The number of fused-ring (bicyclic) bond motifs is 2. The van der Waals surface area contributed by atoms with Crippen LogP contribution in [0, 0.1) is 0 Å². The molecule has 1 saturated heterocycles. The van der Waals surface area contributed by atoms with E-state index in [0.29, 0.717) is 28.0 Å². The van der Waals surface area contributed by atoms with E-state index in [2.05, 4.69) is 9.97 Å². The van der Waals surface area contributed by atoms with Crippen LogP contribution in [0.2, 0.25) is 0 Å². The van der Waals surface area contributed by atoms with Crippen LogP contribution in [0.4, 0.5) is 11.5 Å². The maximum atomic E-state index is 10.1. The topological polar surface area (TPSA) is 145 Å². The van der Waals surface area contributed by atoms with E-state index in [1.165, 1.54) is 6.33 Å². The van der Waals surface area contributed by atoms with Crippen LogP contribution in [0.25, 0.3) is 33.1 Å². The van der Waals surface area contributed by atoms with E-state index < -0.39 is 18.4 Å². The van der Waals surface area contributed by atoms with Crippen molar-refractivity contribution in [2.45, 2.75) is 24.9 Å². The highest BCUT2D eigenvalue weighted by Crippen LogP contribution is 2.39. The number of rotatable bonds is 3. The number of hydrogen-bond acceptors (Lipinski definition) is 8. The molecule has 0 bridgehead atoms. The molecule has 0 aliphatic carbocycles. The predicted octanol–water partition coefficient (Wildman–Crippen LogP) is 1.45. The first-order chi connectivity index (χ1) is 14.1. The zero-order chi connectivity index (χ0) is 20.1. The number of ether oxygens (including phenoxy) is 1. The molecule has 0 unspecified atom stereocenters. The molecule has 9 heteroatoms. The van der Waals surface area contributed by atoms with Gasteiger partial charge in [-0.1, -0.05) is 36.4 Å². The Hall–Kier alpha value is -3.27. The van der Waals surface area contributed by atoms with Crippen molar-refractivity contribution >= 4 is 33.3 Å². The number of benzene rings is 2. The Morgan fingerprint density at radius 2 is 1.97 bits per heavy atom. The zero-order valence-corrected chi connectivity index (χ0v) is 15.4. The fourth-order valence-electron chi connectivity index (χ4n) is 3.92. The van der Waals surface area contributed by atoms with Crippen LogP contribution >= 0.6 is 0 Å². The average molecular weight is 392 g/mol. The Bertz CT molecular complexity index is 1220. The minimum absolute atomic E-state index is 0.276. The first-order valence-corrected chi connectivity index (χ1v) is 9.29. The third-order valence-corrected chi connectivity index (χ3v) is 5.40. The monoisotopic (exact) mass is 392 g/mol. The second-order valence-corrected chi connectivity index (χ2v) is 7.11. The third kappa shape index (κ3) is 2.70. The Kier molecular flexibility index (Phi) is 4.09. The van der Waals surface area contributed by atoms with Crippen LogP contribution in [0.3, 0.4) is 0 Å². The van der Waals surface area contributed by atoms with Crippen LogP contribution < -0.4 is 11.5 Å².